The van der Waals surface area contributed by atoms with E-state index >= 15 is 0 Å². The number of sulfonamides is 1. The molecular formula is C11H17NO2S. The lowest BCUT2D eigenvalue weighted by Crippen LogP contribution is -2.42. The highest BCUT2D eigenvalue weighted by Crippen LogP contribution is 2.79. The Labute approximate surface area is 90.9 Å². The lowest BCUT2D eigenvalue weighted by Gasteiger charge is -2.38. The summed E-state index contributed by atoms with van der Waals surface area (Å²) in [6.45, 7) is 5.43. The van der Waals surface area contributed by atoms with Gasteiger partial charge in [-0.2, -0.15) is 4.31 Å². The van der Waals surface area contributed by atoms with Crippen molar-refractivity contribution in [3.05, 3.63) is 0 Å². The summed E-state index contributed by atoms with van der Waals surface area (Å²) < 4.78 is 25.8. The highest BCUT2D eigenvalue weighted by atomic mass is 32.2. The van der Waals surface area contributed by atoms with Crippen LogP contribution in [0, 0.1) is 16.7 Å². The second kappa shape index (κ2) is 1.90. The van der Waals surface area contributed by atoms with Crippen molar-refractivity contribution in [3.8, 4) is 0 Å². The van der Waals surface area contributed by atoms with Gasteiger partial charge in [0.1, 0.15) is 0 Å². The molecule has 0 aromatic carbocycles. The Balaban J connectivity index is 1.99. The number of rotatable bonds is 0. The molecule has 2 aliphatic heterocycles. The first-order valence-corrected chi connectivity index (χ1v) is 7.47. The largest absolute Gasteiger partial charge is 0.215 e. The van der Waals surface area contributed by atoms with E-state index in [0.717, 1.165) is 25.3 Å². The van der Waals surface area contributed by atoms with Crippen LogP contribution in [0.4, 0.5) is 0 Å². The topological polar surface area (TPSA) is 37.1 Å². The van der Waals surface area contributed by atoms with Crippen LogP contribution in [0.1, 0.15) is 33.1 Å². The molecule has 0 N–H and O–H groups in total. The third-order valence-corrected chi connectivity index (χ3v) is 8.20. The fraction of sp³-hybridized carbons (Fsp3) is 1.00. The van der Waals surface area contributed by atoms with E-state index in [9.17, 15) is 8.42 Å². The Morgan fingerprint density at radius 1 is 1.33 bits per heavy atom. The molecule has 15 heavy (non-hydrogen) atoms. The molecule has 84 valence electrons. The van der Waals surface area contributed by atoms with E-state index in [1.165, 1.54) is 6.42 Å². The van der Waals surface area contributed by atoms with Gasteiger partial charge in [0.25, 0.3) is 0 Å². The Hall–Kier alpha value is -0.0900. The van der Waals surface area contributed by atoms with E-state index in [1.54, 1.807) is 4.31 Å². The minimum Gasteiger partial charge on any atom is -0.212 e. The summed E-state index contributed by atoms with van der Waals surface area (Å²) >= 11 is 0. The molecule has 0 aromatic heterocycles. The van der Waals surface area contributed by atoms with Gasteiger partial charge >= 0.3 is 0 Å². The third-order valence-electron chi connectivity index (χ3n) is 6.19. The van der Waals surface area contributed by atoms with Crippen LogP contribution < -0.4 is 0 Å². The van der Waals surface area contributed by atoms with Crippen LogP contribution in [0.5, 0.6) is 0 Å². The van der Waals surface area contributed by atoms with Crippen LogP contribution in [-0.2, 0) is 10.0 Å². The zero-order chi connectivity index (χ0) is 10.7. The van der Waals surface area contributed by atoms with Gasteiger partial charge in [0, 0.05) is 12.0 Å². The fourth-order valence-corrected chi connectivity index (χ4v) is 7.95. The summed E-state index contributed by atoms with van der Waals surface area (Å²) in [4.78, 5) is 0. The Bertz CT molecular complexity index is 469. The molecule has 3 nitrogen and oxygen atoms in total. The average Bonchev–Trinajstić information content (AvgIpc) is 2.70. The van der Waals surface area contributed by atoms with Crippen LogP contribution in [0.15, 0.2) is 0 Å². The molecule has 2 bridgehead atoms. The summed E-state index contributed by atoms with van der Waals surface area (Å²) in [5.74, 6) is 1.20. The number of nitrogens with zero attached hydrogens (tertiary/aromatic N) is 1. The van der Waals surface area contributed by atoms with Crippen molar-refractivity contribution in [3.63, 3.8) is 0 Å². The highest BCUT2D eigenvalue weighted by molar-refractivity contribution is 7.89. The SMILES string of the molecule is CC1(C)C2CC[C@]13CS(=O)(=O)N1C[C@]13C2. The first-order chi connectivity index (χ1) is 6.86. The third kappa shape index (κ3) is 0.631. The molecule has 4 fully saturated rings. The fourth-order valence-electron chi connectivity index (χ4n) is 5.19. The molecule has 2 unspecified atom stereocenters. The Morgan fingerprint density at radius 3 is 2.60 bits per heavy atom. The molecule has 0 amide bonds. The molecule has 2 heterocycles. The van der Waals surface area contributed by atoms with Crippen LogP contribution in [-0.4, -0.2) is 30.6 Å². The Kier molecular flexibility index (Phi) is 1.14. The van der Waals surface area contributed by atoms with Crippen molar-refractivity contribution in [2.75, 3.05) is 12.3 Å². The summed E-state index contributed by atoms with van der Waals surface area (Å²) in [5.41, 5.74) is 0.424. The van der Waals surface area contributed by atoms with E-state index in [0.29, 0.717) is 5.75 Å². The molecule has 0 radical (unpaired) electrons. The van der Waals surface area contributed by atoms with Gasteiger partial charge in [0.15, 0.2) is 0 Å². The first-order valence-electron chi connectivity index (χ1n) is 5.86. The molecule has 2 saturated carbocycles. The molecular weight excluding hydrogens is 210 g/mol. The molecule has 4 heteroatoms. The predicted molar refractivity (Wildman–Crippen MR) is 56.8 cm³/mol. The standard InChI is InChI=1S/C11H17NO2S/c1-9(2)8-3-4-10(9)7-15(13,14)12-6-11(10,12)5-8/h8H,3-7H2,1-2H3/t8?,10-,11-,12?/m0/s1. The predicted octanol–water partition coefficient (Wildman–Crippen LogP) is 1.21. The average molecular weight is 227 g/mol. The van der Waals surface area contributed by atoms with Gasteiger partial charge < -0.3 is 0 Å². The normalized spacial score (nSPS) is 61.5. The lowest BCUT2D eigenvalue weighted by molar-refractivity contribution is 0.130. The summed E-state index contributed by atoms with van der Waals surface area (Å²) in [5, 5.41) is 0. The van der Waals surface area contributed by atoms with E-state index in [1.807, 2.05) is 0 Å². The maximum atomic E-state index is 12.0. The van der Waals surface area contributed by atoms with Gasteiger partial charge in [-0.1, -0.05) is 13.8 Å². The number of fused-ring (bicyclic) bond motifs is 1. The molecule has 4 rings (SSSR count). The zero-order valence-corrected chi connectivity index (χ0v) is 10.1. The maximum absolute atomic E-state index is 12.0. The van der Waals surface area contributed by atoms with Gasteiger partial charge in [-0.15, -0.1) is 0 Å². The van der Waals surface area contributed by atoms with Crippen molar-refractivity contribution < 1.29 is 8.42 Å². The summed E-state index contributed by atoms with van der Waals surface area (Å²) in [7, 11) is -2.90. The van der Waals surface area contributed by atoms with Crippen LogP contribution >= 0.6 is 0 Å². The van der Waals surface area contributed by atoms with Crippen molar-refractivity contribution in [1.29, 1.82) is 0 Å². The van der Waals surface area contributed by atoms with Gasteiger partial charge in [0.05, 0.1) is 11.3 Å². The van der Waals surface area contributed by atoms with Crippen molar-refractivity contribution in [2.24, 2.45) is 16.7 Å². The molecule has 4 atom stereocenters. The van der Waals surface area contributed by atoms with Gasteiger partial charge in [-0.05, 0) is 30.6 Å². The van der Waals surface area contributed by atoms with Crippen LogP contribution in [0.25, 0.3) is 0 Å². The smallest absolute Gasteiger partial charge is 0.212 e. The van der Waals surface area contributed by atoms with E-state index in [4.69, 9.17) is 0 Å². The molecule has 0 aromatic rings. The minimum absolute atomic E-state index is 0.0816. The van der Waals surface area contributed by atoms with E-state index in [-0.39, 0.29) is 16.4 Å². The number of hydrogen-bond acceptors (Lipinski definition) is 2. The van der Waals surface area contributed by atoms with Gasteiger partial charge in [0.2, 0.25) is 10.0 Å². The quantitative estimate of drug-likeness (QED) is 0.583. The molecule has 2 saturated heterocycles. The molecule has 2 spiro atoms. The minimum atomic E-state index is -2.90. The van der Waals surface area contributed by atoms with E-state index in [2.05, 4.69) is 13.8 Å². The van der Waals surface area contributed by atoms with Crippen molar-refractivity contribution >= 4 is 10.0 Å². The second-order valence-electron chi connectivity index (χ2n) is 6.54. The first kappa shape index (κ1) is 8.99. The highest BCUT2D eigenvalue weighted by Gasteiger charge is 2.85. The Morgan fingerprint density at radius 2 is 2.07 bits per heavy atom. The zero-order valence-electron chi connectivity index (χ0n) is 9.28. The van der Waals surface area contributed by atoms with Gasteiger partial charge in [-0.25, -0.2) is 8.42 Å². The second-order valence-corrected chi connectivity index (χ2v) is 8.43. The summed E-state index contributed by atoms with van der Waals surface area (Å²) in [6.07, 6.45) is 3.53. The summed E-state index contributed by atoms with van der Waals surface area (Å²) in [6, 6.07) is 0. The van der Waals surface area contributed by atoms with Crippen LogP contribution in [0.3, 0.4) is 0 Å². The van der Waals surface area contributed by atoms with Crippen molar-refractivity contribution in [2.45, 2.75) is 38.6 Å². The van der Waals surface area contributed by atoms with Gasteiger partial charge in [-0.3, -0.25) is 0 Å². The maximum Gasteiger partial charge on any atom is 0.215 e. The lowest BCUT2D eigenvalue weighted by atomic mass is 9.66. The van der Waals surface area contributed by atoms with Crippen LogP contribution in [0.2, 0.25) is 0 Å². The molecule has 2 aliphatic carbocycles. The van der Waals surface area contributed by atoms with E-state index < -0.39 is 10.0 Å². The molecule has 4 aliphatic rings. The van der Waals surface area contributed by atoms with Crippen molar-refractivity contribution in [1.82, 2.24) is 4.31 Å². The monoisotopic (exact) mass is 227 g/mol. The number of hydrogen-bond donors (Lipinski definition) is 0.